The SMILES string of the molecule is CC1(C)c2cc(-c3ccc(-c4ccc5c6c(cccc46)-c4ccccc4-5)cc3)c3ccccc3c2-c2c1c1ccccc1c1ccccc21. The van der Waals surface area contributed by atoms with E-state index in [-0.39, 0.29) is 5.41 Å². The van der Waals surface area contributed by atoms with Gasteiger partial charge in [-0.2, -0.15) is 0 Å². The molecule has 2 aliphatic rings. The fourth-order valence-corrected chi connectivity index (χ4v) is 9.45. The Morgan fingerprint density at radius 2 is 0.796 bits per heavy atom. The van der Waals surface area contributed by atoms with Gasteiger partial charge in [-0.15, -0.1) is 0 Å². The molecule has 0 saturated carbocycles. The second-order valence-electron chi connectivity index (χ2n) is 14.4. The maximum atomic E-state index is 2.51. The summed E-state index contributed by atoms with van der Waals surface area (Å²) in [5.41, 5.74) is 15.9. The van der Waals surface area contributed by atoms with Crippen LogP contribution in [-0.2, 0) is 5.41 Å². The zero-order valence-corrected chi connectivity index (χ0v) is 27.5. The summed E-state index contributed by atoms with van der Waals surface area (Å²) in [5.74, 6) is 0. The van der Waals surface area contributed by atoms with Crippen molar-refractivity contribution in [2.45, 2.75) is 19.3 Å². The molecule has 2 aliphatic carbocycles. The summed E-state index contributed by atoms with van der Waals surface area (Å²) in [6.45, 7) is 4.85. The van der Waals surface area contributed by atoms with Crippen molar-refractivity contribution in [3.63, 3.8) is 0 Å². The van der Waals surface area contributed by atoms with Crippen LogP contribution in [0.15, 0.2) is 158 Å². The molecule has 0 saturated heterocycles. The maximum absolute atomic E-state index is 2.51. The van der Waals surface area contributed by atoms with Gasteiger partial charge in [-0.1, -0.05) is 166 Å². The van der Waals surface area contributed by atoms with Crippen molar-refractivity contribution in [1.29, 1.82) is 0 Å². The lowest BCUT2D eigenvalue weighted by molar-refractivity contribution is 0.667. The molecule has 0 spiro atoms. The standard InChI is InChI=1S/C49H32/c1-49(2)44-28-43(30-24-22-29(23-25-30)31-26-27-41-33-13-4-3-12-32(33)38-21-11-20-37(31)45(38)41)36-16-6-8-17-39(36)46(44)47-40-18-9-5-14-34(40)35-15-7-10-19-42(35)48(47)49/h3-28H,1-2H3. The molecule has 0 radical (unpaired) electrons. The predicted molar refractivity (Wildman–Crippen MR) is 209 cm³/mol. The fourth-order valence-electron chi connectivity index (χ4n) is 9.45. The summed E-state index contributed by atoms with van der Waals surface area (Å²) in [6.07, 6.45) is 0. The first-order chi connectivity index (χ1) is 24.1. The third kappa shape index (κ3) is 3.48. The summed E-state index contributed by atoms with van der Waals surface area (Å²) in [7, 11) is 0. The summed E-state index contributed by atoms with van der Waals surface area (Å²) >= 11 is 0. The molecule has 0 bridgehead atoms. The fraction of sp³-hybridized carbons (Fsp3) is 0.0612. The van der Waals surface area contributed by atoms with Gasteiger partial charge in [-0.25, -0.2) is 0 Å². The van der Waals surface area contributed by atoms with E-state index >= 15 is 0 Å². The average molecular weight is 621 g/mol. The van der Waals surface area contributed by atoms with E-state index in [1.807, 2.05) is 0 Å². The van der Waals surface area contributed by atoms with E-state index in [4.69, 9.17) is 0 Å². The summed E-state index contributed by atoms with van der Waals surface area (Å²) in [4.78, 5) is 0. The lowest BCUT2D eigenvalue weighted by Gasteiger charge is -2.25. The first-order valence-corrected chi connectivity index (χ1v) is 17.4. The van der Waals surface area contributed by atoms with Crippen LogP contribution >= 0.6 is 0 Å². The van der Waals surface area contributed by atoms with Crippen LogP contribution in [0.3, 0.4) is 0 Å². The highest BCUT2D eigenvalue weighted by molar-refractivity contribution is 6.22. The Balaban J connectivity index is 1.11. The van der Waals surface area contributed by atoms with E-state index in [0.29, 0.717) is 0 Å². The highest BCUT2D eigenvalue weighted by atomic mass is 14.4. The zero-order valence-electron chi connectivity index (χ0n) is 27.5. The molecular weight excluding hydrogens is 589 g/mol. The molecule has 0 N–H and O–H groups in total. The van der Waals surface area contributed by atoms with Crippen molar-refractivity contribution in [3.8, 4) is 55.6 Å². The molecule has 0 atom stereocenters. The van der Waals surface area contributed by atoms with Crippen LogP contribution in [0.4, 0.5) is 0 Å². The van der Waals surface area contributed by atoms with Gasteiger partial charge in [0.2, 0.25) is 0 Å². The second kappa shape index (κ2) is 9.56. The highest BCUT2D eigenvalue weighted by Gasteiger charge is 2.40. The molecule has 0 nitrogen and oxygen atoms in total. The Hall–Kier alpha value is -5.98. The van der Waals surface area contributed by atoms with Crippen LogP contribution in [-0.4, -0.2) is 0 Å². The average Bonchev–Trinajstić information content (AvgIpc) is 3.61. The van der Waals surface area contributed by atoms with Crippen molar-refractivity contribution < 1.29 is 0 Å². The third-order valence-corrected chi connectivity index (χ3v) is 11.6. The first kappa shape index (κ1) is 27.0. The molecule has 11 rings (SSSR count). The monoisotopic (exact) mass is 620 g/mol. The van der Waals surface area contributed by atoms with Gasteiger partial charge in [-0.3, -0.25) is 0 Å². The van der Waals surface area contributed by atoms with Gasteiger partial charge in [0.1, 0.15) is 0 Å². The minimum absolute atomic E-state index is 0.158. The molecule has 0 amide bonds. The predicted octanol–water partition coefficient (Wildman–Crippen LogP) is 13.6. The second-order valence-corrected chi connectivity index (χ2v) is 14.4. The van der Waals surface area contributed by atoms with Gasteiger partial charge in [-0.05, 0) is 116 Å². The van der Waals surface area contributed by atoms with E-state index < -0.39 is 0 Å². The van der Waals surface area contributed by atoms with Crippen LogP contribution in [0, 0.1) is 0 Å². The summed E-state index contributed by atoms with van der Waals surface area (Å²) in [5, 5.41) is 10.7. The molecule has 0 heteroatoms. The van der Waals surface area contributed by atoms with Crippen molar-refractivity contribution in [3.05, 3.63) is 169 Å². The van der Waals surface area contributed by atoms with Gasteiger partial charge in [0.15, 0.2) is 0 Å². The van der Waals surface area contributed by atoms with Crippen LogP contribution in [0.25, 0.3) is 98.7 Å². The Labute approximate surface area is 285 Å². The molecule has 0 aliphatic heterocycles. The van der Waals surface area contributed by atoms with Gasteiger partial charge in [0.25, 0.3) is 0 Å². The van der Waals surface area contributed by atoms with Crippen molar-refractivity contribution in [1.82, 2.24) is 0 Å². The van der Waals surface area contributed by atoms with Crippen LogP contribution < -0.4 is 0 Å². The number of benzene rings is 9. The number of fused-ring (bicyclic) bond motifs is 13. The molecular formula is C49H32. The Morgan fingerprint density at radius 3 is 1.49 bits per heavy atom. The molecule has 0 heterocycles. The van der Waals surface area contributed by atoms with E-state index in [2.05, 4.69) is 172 Å². The number of rotatable bonds is 2. The molecule has 0 unspecified atom stereocenters. The van der Waals surface area contributed by atoms with E-state index in [9.17, 15) is 0 Å². The lowest BCUT2D eigenvalue weighted by atomic mass is 9.78. The largest absolute Gasteiger partial charge is 0.0616 e. The van der Waals surface area contributed by atoms with E-state index in [0.717, 1.165) is 0 Å². The van der Waals surface area contributed by atoms with Crippen LogP contribution in [0.1, 0.15) is 25.0 Å². The summed E-state index contributed by atoms with van der Waals surface area (Å²) < 4.78 is 0. The Morgan fingerprint density at radius 1 is 0.327 bits per heavy atom. The van der Waals surface area contributed by atoms with Crippen LogP contribution in [0.2, 0.25) is 0 Å². The highest BCUT2D eigenvalue weighted by Crippen LogP contribution is 2.58. The normalized spacial score (nSPS) is 13.7. The molecule has 9 aromatic rings. The van der Waals surface area contributed by atoms with Gasteiger partial charge in [0.05, 0.1) is 0 Å². The molecule has 0 aromatic heterocycles. The van der Waals surface area contributed by atoms with Crippen molar-refractivity contribution in [2.75, 3.05) is 0 Å². The number of hydrogen-bond donors (Lipinski definition) is 0. The Kier molecular flexibility index (Phi) is 5.27. The third-order valence-electron chi connectivity index (χ3n) is 11.6. The van der Waals surface area contributed by atoms with E-state index in [1.165, 1.54) is 110 Å². The van der Waals surface area contributed by atoms with Crippen LogP contribution in [0.5, 0.6) is 0 Å². The minimum atomic E-state index is -0.158. The smallest absolute Gasteiger partial charge is 0.0165 e. The molecule has 49 heavy (non-hydrogen) atoms. The Bertz CT molecular complexity index is 2850. The van der Waals surface area contributed by atoms with E-state index in [1.54, 1.807) is 0 Å². The lowest BCUT2D eigenvalue weighted by Crippen LogP contribution is -2.16. The summed E-state index contributed by atoms with van der Waals surface area (Å²) in [6, 6.07) is 59.1. The molecule has 228 valence electrons. The number of hydrogen-bond acceptors (Lipinski definition) is 0. The molecule has 9 aromatic carbocycles. The van der Waals surface area contributed by atoms with Crippen molar-refractivity contribution in [2.24, 2.45) is 0 Å². The quantitative estimate of drug-likeness (QED) is 0.169. The maximum Gasteiger partial charge on any atom is 0.0165 e. The van der Waals surface area contributed by atoms with Gasteiger partial charge >= 0.3 is 0 Å². The van der Waals surface area contributed by atoms with Gasteiger partial charge in [0, 0.05) is 5.41 Å². The zero-order chi connectivity index (χ0) is 32.4. The minimum Gasteiger partial charge on any atom is -0.0616 e. The van der Waals surface area contributed by atoms with Crippen molar-refractivity contribution >= 4 is 43.1 Å². The molecule has 0 fully saturated rings. The first-order valence-electron chi connectivity index (χ1n) is 17.4. The van der Waals surface area contributed by atoms with Gasteiger partial charge < -0.3 is 0 Å². The topological polar surface area (TPSA) is 0 Å².